The molecule has 3 rings (SSSR count). The molecule has 21 heavy (non-hydrogen) atoms. The van der Waals surface area contributed by atoms with E-state index in [-0.39, 0.29) is 4.87 Å². The van der Waals surface area contributed by atoms with Gasteiger partial charge < -0.3 is 10.2 Å². The fourth-order valence-electron chi connectivity index (χ4n) is 2.34. The Bertz CT molecular complexity index is 783. The summed E-state index contributed by atoms with van der Waals surface area (Å²) >= 11 is 1.25. The molecule has 1 aromatic carbocycles. The zero-order chi connectivity index (χ0) is 14.8. The Morgan fingerprint density at radius 1 is 1.19 bits per heavy atom. The number of nitrogens with two attached hydrogens (primary N) is 1. The summed E-state index contributed by atoms with van der Waals surface area (Å²) in [7, 11) is 0. The second-order valence-corrected chi connectivity index (χ2v) is 6.02. The van der Waals surface area contributed by atoms with Crippen LogP contribution in [0.1, 0.15) is 16.0 Å². The number of benzene rings is 1. The zero-order valence-corrected chi connectivity index (χ0v) is 12.5. The number of aryl methyl sites for hydroxylation is 1. The van der Waals surface area contributed by atoms with Gasteiger partial charge in [0.15, 0.2) is 5.76 Å². The maximum atomic E-state index is 12.2. The molecule has 0 bridgehead atoms. The topological polar surface area (TPSA) is 61.2 Å². The summed E-state index contributed by atoms with van der Waals surface area (Å²) < 4.78 is 7.22. The molecule has 0 aliphatic carbocycles. The first-order valence-electron chi connectivity index (χ1n) is 6.71. The summed E-state index contributed by atoms with van der Waals surface area (Å²) in [6.07, 6.45) is 1.62. The molecule has 0 spiro atoms. The van der Waals surface area contributed by atoms with Crippen molar-refractivity contribution < 1.29 is 4.42 Å². The van der Waals surface area contributed by atoms with Crippen molar-refractivity contribution in [2.45, 2.75) is 20.0 Å². The van der Waals surface area contributed by atoms with Crippen LogP contribution in [0.5, 0.6) is 0 Å². The van der Waals surface area contributed by atoms with Crippen LogP contribution in [0, 0.1) is 6.92 Å². The minimum atomic E-state index is 0.0294. The van der Waals surface area contributed by atoms with Gasteiger partial charge in [0, 0.05) is 11.4 Å². The van der Waals surface area contributed by atoms with Crippen LogP contribution in [-0.4, -0.2) is 4.57 Å². The molecule has 4 nitrogen and oxygen atoms in total. The molecule has 5 heteroatoms. The van der Waals surface area contributed by atoms with E-state index in [0.29, 0.717) is 13.1 Å². The highest BCUT2D eigenvalue weighted by Crippen LogP contribution is 2.26. The molecule has 0 amide bonds. The number of thiazole rings is 1. The molecule has 0 unspecified atom stereocenters. The summed E-state index contributed by atoms with van der Waals surface area (Å²) in [6.45, 7) is 3.00. The highest BCUT2D eigenvalue weighted by molar-refractivity contribution is 7.09. The van der Waals surface area contributed by atoms with E-state index in [1.807, 2.05) is 43.3 Å². The third kappa shape index (κ3) is 2.70. The van der Waals surface area contributed by atoms with Crippen molar-refractivity contribution >= 4 is 11.3 Å². The third-order valence-corrected chi connectivity index (χ3v) is 4.31. The Balaban J connectivity index is 2.00. The lowest BCUT2D eigenvalue weighted by Crippen LogP contribution is -2.15. The standard InChI is InChI=1S/C16H16N2O2S/c1-11-15(14-3-2-8-20-14)18(16(19)21-11)10-13-6-4-12(9-17)5-7-13/h2-8H,9-10,17H2,1H3. The lowest BCUT2D eigenvalue weighted by Gasteiger charge is -2.07. The second-order valence-electron chi connectivity index (χ2n) is 4.86. The smallest absolute Gasteiger partial charge is 0.308 e. The van der Waals surface area contributed by atoms with Gasteiger partial charge in [0.2, 0.25) is 0 Å². The molecule has 2 aromatic heterocycles. The molecule has 0 fully saturated rings. The van der Waals surface area contributed by atoms with Crippen molar-refractivity contribution in [1.82, 2.24) is 4.57 Å². The Morgan fingerprint density at radius 3 is 2.52 bits per heavy atom. The average molecular weight is 300 g/mol. The van der Waals surface area contributed by atoms with Crippen LogP contribution in [0.4, 0.5) is 0 Å². The van der Waals surface area contributed by atoms with Gasteiger partial charge in [0.1, 0.15) is 5.69 Å². The molecule has 2 heterocycles. The Hall–Kier alpha value is -2.11. The fourth-order valence-corrected chi connectivity index (χ4v) is 3.18. The van der Waals surface area contributed by atoms with Crippen LogP contribution in [0.15, 0.2) is 51.9 Å². The molecule has 0 saturated carbocycles. The van der Waals surface area contributed by atoms with E-state index in [9.17, 15) is 4.79 Å². The molecule has 108 valence electrons. The maximum absolute atomic E-state index is 12.2. The molecular weight excluding hydrogens is 284 g/mol. The van der Waals surface area contributed by atoms with Gasteiger partial charge in [0.25, 0.3) is 0 Å². The summed E-state index contributed by atoms with van der Waals surface area (Å²) in [4.78, 5) is 13.2. The summed E-state index contributed by atoms with van der Waals surface area (Å²) in [5.41, 5.74) is 8.61. The first-order valence-corrected chi connectivity index (χ1v) is 7.52. The number of furan rings is 1. The molecule has 3 aromatic rings. The van der Waals surface area contributed by atoms with Gasteiger partial charge in [0.05, 0.1) is 12.8 Å². The number of hydrogen-bond donors (Lipinski definition) is 1. The average Bonchev–Trinajstić information content (AvgIpc) is 3.09. The van der Waals surface area contributed by atoms with Crippen molar-refractivity contribution in [1.29, 1.82) is 0 Å². The Kier molecular flexibility index (Phi) is 3.77. The first-order chi connectivity index (χ1) is 10.2. The Labute approximate surface area is 126 Å². The number of nitrogens with zero attached hydrogens (tertiary/aromatic N) is 1. The second kappa shape index (κ2) is 5.71. The van der Waals surface area contributed by atoms with Gasteiger partial charge >= 0.3 is 4.87 Å². The van der Waals surface area contributed by atoms with Crippen molar-refractivity contribution in [2.75, 3.05) is 0 Å². The van der Waals surface area contributed by atoms with Gasteiger partial charge in [-0.05, 0) is 30.2 Å². The molecule has 2 N–H and O–H groups in total. The fraction of sp³-hybridized carbons (Fsp3) is 0.188. The SMILES string of the molecule is Cc1sc(=O)n(Cc2ccc(CN)cc2)c1-c1ccco1. The summed E-state index contributed by atoms with van der Waals surface area (Å²) in [6, 6.07) is 11.7. The predicted molar refractivity (Wildman–Crippen MR) is 84.5 cm³/mol. The normalized spacial score (nSPS) is 11.0. The highest BCUT2D eigenvalue weighted by atomic mass is 32.1. The van der Waals surface area contributed by atoms with Crippen LogP contribution in [0.3, 0.4) is 0 Å². The number of hydrogen-bond acceptors (Lipinski definition) is 4. The van der Waals surface area contributed by atoms with Crippen LogP contribution >= 0.6 is 11.3 Å². The van der Waals surface area contributed by atoms with Crippen LogP contribution in [0.25, 0.3) is 11.5 Å². The molecule has 0 aliphatic heterocycles. The van der Waals surface area contributed by atoms with E-state index in [1.165, 1.54) is 11.3 Å². The van der Waals surface area contributed by atoms with E-state index in [1.54, 1.807) is 10.8 Å². The van der Waals surface area contributed by atoms with Crippen molar-refractivity contribution in [3.8, 4) is 11.5 Å². The number of aromatic nitrogens is 1. The van der Waals surface area contributed by atoms with Crippen LogP contribution in [0.2, 0.25) is 0 Å². The minimum absolute atomic E-state index is 0.0294. The van der Waals surface area contributed by atoms with Gasteiger partial charge in [-0.2, -0.15) is 0 Å². The molecule has 0 saturated heterocycles. The minimum Gasteiger partial charge on any atom is -0.463 e. The van der Waals surface area contributed by atoms with Gasteiger partial charge in [-0.1, -0.05) is 35.6 Å². The summed E-state index contributed by atoms with van der Waals surface area (Å²) in [5, 5.41) is 0. The third-order valence-electron chi connectivity index (χ3n) is 3.42. The molecule has 0 atom stereocenters. The zero-order valence-electron chi connectivity index (χ0n) is 11.7. The van der Waals surface area contributed by atoms with E-state index in [0.717, 1.165) is 27.5 Å². The Morgan fingerprint density at radius 2 is 1.90 bits per heavy atom. The highest BCUT2D eigenvalue weighted by Gasteiger charge is 2.16. The van der Waals surface area contributed by atoms with Gasteiger partial charge in [-0.3, -0.25) is 9.36 Å². The van der Waals surface area contributed by atoms with E-state index >= 15 is 0 Å². The van der Waals surface area contributed by atoms with E-state index in [2.05, 4.69) is 0 Å². The van der Waals surface area contributed by atoms with Gasteiger partial charge in [-0.25, -0.2) is 0 Å². The molecule has 0 radical (unpaired) electrons. The van der Waals surface area contributed by atoms with Crippen LogP contribution in [-0.2, 0) is 13.1 Å². The lowest BCUT2D eigenvalue weighted by atomic mass is 10.1. The van der Waals surface area contributed by atoms with Gasteiger partial charge in [-0.15, -0.1) is 0 Å². The predicted octanol–water partition coefficient (Wildman–Crippen LogP) is 2.99. The molecule has 0 aliphatic rings. The van der Waals surface area contributed by atoms with Crippen molar-refractivity contribution in [3.05, 3.63) is 68.3 Å². The largest absolute Gasteiger partial charge is 0.463 e. The van der Waals surface area contributed by atoms with Crippen molar-refractivity contribution in [3.63, 3.8) is 0 Å². The monoisotopic (exact) mass is 300 g/mol. The first kappa shape index (κ1) is 13.9. The lowest BCUT2D eigenvalue weighted by molar-refractivity contribution is 0.573. The van der Waals surface area contributed by atoms with Crippen LogP contribution < -0.4 is 10.6 Å². The van der Waals surface area contributed by atoms with E-state index in [4.69, 9.17) is 10.2 Å². The maximum Gasteiger partial charge on any atom is 0.308 e. The van der Waals surface area contributed by atoms with E-state index < -0.39 is 0 Å². The molecular formula is C16H16N2O2S. The van der Waals surface area contributed by atoms with Crippen molar-refractivity contribution in [2.24, 2.45) is 5.73 Å². The summed E-state index contributed by atoms with van der Waals surface area (Å²) in [5.74, 6) is 0.726. The number of rotatable bonds is 4. The quantitative estimate of drug-likeness (QED) is 0.805.